The number of halogens is 2. The lowest BCUT2D eigenvalue weighted by molar-refractivity contribution is -0.140. The Bertz CT molecular complexity index is 1190. The van der Waals surface area contributed by atoms with Gasteiger partial charge in [0.15, 0.2) is 5.78 Å². The number of aromatic nitrogens is 4. The van der Waals surface area contributed by atoms with E-state index in [2.05, 4.69) is 31.4 Å². The first-order valence-electron chi connectivity index (χ1n) is 11.3. The Morgan fingerprint density at radius 2 is 1.66 bits per heavy atom. The fourth-order valence-electron chi connectivity index (χ4n) is 3.10. The molecule has 0 aliphatic heterocycles. The van der Waals surface area contributed by atoms with Crippen LogP contribution in [-0.2, 0) is 30.5 Å². The van der Waals surface area contributed by atoms with E-state index in [1.165, 1.54) is 13.8 Å². The molecule has 0 saturated carbocycles. The van der Waals surface area contributed by atoms with Crippen molar-refractivity contribution in [1.29, 1.82) is 0 Å². The second-order valence-corrected chi connectivity index (χ2v) is 10.3. The summed E-state index contributed by atoms with van der Waals surface area (Å²) >= 11 is 13.3. The standard InChI is InChI=1S/C22H27Cl2N7O6S/c1-10(2)18(26-12(4)32)21(37)25-11(3)20(36)27-15(8-17(34)35)16(33)9-31-29-22(28-30-31)38-19-13(23)6-5-7-14(19)24/h5-7,10-11,15,18H,8-9H2,1-4H3,(H,25,37)(H,26,32)(H,27,36)(H,34,35)/t11-,15?,18-/m0/s1. The highest BCUT2D eigenvalue weighted by Crippen LogP contribution is 2.36. The van der Waals surface area contributed by atoms with Crippen LogP contribution in [0.5, 0.6) is 0 Å². The Kier molecular flexibility index (Phi) is 11.5. The van der Waals surface area contributed by atoms with Gasteiger partial charge in [-0.05, 0) is 41.9 Å². The van der Waals surface area contributed by atoms with Crippen molar-refractivity contribution in [3.05, 3.63) is 28.2 Å². The number of ketones is 1. The lowest BCUT2D eigenvalue weighted by atomic mass is 10.0. The van der Waals surface area contributed by atoms with Gasteiger partial charge >= 0.3 is 5.97 Å². The van der Waals surface area contributed by atoms with E-state index in [0.29, 0.717) is 14.9 Å². The largest absolute Gasteiger partial charge is 0.481 e. The molecule has 3 atom stereocenters. The summed E-state index contributed by atoms with van der Waals surface area (Å²) in [5.74, 6) is -4.11. The summed E-state index contributed by atoms with van der Waals surface area (Å²) in [5.41, 5.74) is 0. The number of hydrogen-bond acceptors (Lipinski definition) is 9. The minimum Gasteiger partial charge on any atom is -0.481 e. The fraction of sp³-hybridized carbons (Fsp3) is 0.455. The van der Waals surface area contributed by atoms with E-state index in [4.69, 9.17) is 23.2 Å². The second kappa shape index (κ2) is 14.1. The van der Waals surface area contributed by atoms with E-state index in [1.54, 1.807) is 32.0 Å². The van der Waals surface area contributed by atoms with Gasteiger partial charge in [0.05, 0.1) is 21.4 Å². The summed E-state index contributed by atoms with van der Waals surface area (Å²) in [7, 11) is 0. The number of carbonyl (C=O) groups excluding carboxylic acids is 4. The number of nitrogens with one attached hydrogen (secondary N) is 3. The highest BCUT2D eigenvalue weighted by atomic mass is 35.5. The number of carboxylic acids is 1. The average molecular weight is 588 g/mol. The third-order valence-electron chi connectivity index (χ3n) is 4.99. The Labute approximate surface area is 232 Å². The molecule has 1 unspecified atom stereocenters. The molecule has 16 heteroatoms. The molecule has 0 saturated heterocycles. The third-order valence-corrected chi connectivity index (χ3v) is 6.83. The SMILES string of the molecule is CC(=O)N[C@H](C(=O)N[C@@H](C)C(=O)NC(CC(=O)O)C(=O)Cn1nnc(Sc2c(Cl)cccc2Cl)n1)C(C)C. The van der Waals surface area contributed by atoms with Gasteiger partial charge in [-0.15, -0.1) is 10.2 Å². The normalized spacial score (nSPS) is 13.3. The Morgan fingerprint density at radius 3 is 2.21 bits per heavy atom. The zero-order valence-corrected chi connectivity index (χ0v) is 23.2. The van der Waals surface area contributed by atoms with Gasteiger partial charge in [0.2, 0.25) is 22.9 Å². The van der Waals surface area contributed by atoms with Crippen LogP contribution in [0.3, 0.4) is 0 Å². The van der Waals surface area contributed by atoms with E-state index in [-0.39, 0.29) is 11.1 Å². The highest BCUT2D eigenvalue weighted by Gasteiger charge is 2.29. The van der Waals surface area contributed by atoms with Gasteiger partial charge in [-0.3, -0.25) is 24.0 Å². The highest BCUT2D eigenvalue weighted by molar-refractivity contribution is 7.99. The summed E-state index contributed by atoms with van der Waals surface area (Å²) < 4.78 is 0. The maximum atomic E-state index is 12.8. The third kappa shape index (κ3) is 9.26. The van der Waals surface area contributed by atoms with Crippen LogP contribution < -0.4 is 16.0 Å². The first kappa shape index (κ1) is 31.0. The lowest BCUT2D eigenvalue weighted by Gasteiger charge is -2.24. The molecule has 2 rings (SSSR count). The molecule has 3 amide bonds. The minimum absolute atomic E-state index is 0.141. The van der Waals surface area contributed by atoms with Gasteiger partial charge in [-0.25, -0.2) is 0 Å². The molecule has 0 fully saturated rings. The molecule has 0 bridgehead atoms. The molecule has 1 aromatic heterocycles. The quantitative estimate of drug-likeness (QED) is 0.266. The topological polar surface area (TPSA) is 185 Å². The number of carbonyl (C=O) groups is 5. The summed E-state index contributed by atoms with van der Waals surface area (Å²) in [6.45, 7) is 5.58. The predicted octanol–water partition coefficient (Wildman–Crippen LogP) is 1.33. The summed E-state index contributed by atoms with van der Waals surface area (Å²) in [6, 6.07) is 1.49. The molecule has 38 heavy (non-hydrogen) atoms. The second-order valence-electron chi connectivity index (χ2n) is 8.53. The smallest absolute Gasteiger partial charge is 0.305 e. The van der Waals surface area contributed by atoms with E-state index < -0.39 is 60.6 Å². The number of amides is 3. The number of nitrogens with zero attached hydrogens (tertiary/aromatic N) is 4. The molecule has 0 aliphatic rings. The first-order chi connectivity index (χ1) is 17.8. The van der Waals surface area contributed by atoms with Crippen molar-refractivity contribution in [2.45, 2.75) is 68.8 Å². The van der Waals surface area contributed by atoms with Crippen molar-refractivity contribution < 1.29 is 29.1 Å². The van der Waals surface area contributed by atoms with Crippen LogP contribution >= 0.6 is 35.0 Å². The Hall–Kier alpha value is -3.23. The molecule has 0 spiro atoms. The number of hydrogen-bond donors (Lipinski definition) is 4. The number of tetrazole rings is 1. The van der Waals surface area contributed by atoms with Gasteiger partial charge < -0.3 is 21.1 Å². The van der Waals surface area contributed by atoms with Crippen LogP contribution in [0.2, 0.25) is 10.0 Å². The number of Topliss-reactive ketones (excluding diaryl/α,β-unsaturated/α-hetero) is 1. The molecule has 13 nitrogen and oxygen atoms in total. The number of rotatable bonds is 13. The van der Waals surface area contributed by atoms with Crippen molar-refractivity contribution in [2.75, 3.05) is 0 Å². The average Bonchev–Trinajstić information content (AvgIpc) is 3.25. The summed E-state index contributed by atoms with van der Waals surface area (Å²) in [5, 5.41) is 29.1. The Morgan fingerprint density at radius 1 is 1.03 bits per heavy atom. The van der Waals surface area contributed by atoms with Crippen LogP contribution in [0.25, 0.3) is 0 Å². The summed E-state index contributed by atoms with van der Waals surface area (Å²) in [6.07, 6.45) is -0.711. The van der Waals surface area contributed by atoms with Crippen LogP contribution in [0, 0.1) is 5.92 Å². The van der Waals surface area contributed by atoms with E-state index in [1.807, 2.05) is 0 Å². The van der Waals surface area contributed by atoms with Crippen molar-refractivity contribution >= 4 is 64.4 Å². The maximum absolute atomic E-state index is 12.8. The lowest BCUT2D eigenvalue weighted by Crippen LogP contribution is -2.56. The van der Waals surface area contributed by atoms with Gasteiger partial charge in [-0.1, -0.05) is 43.1 Å². The maximum Gasteiger partial charge on any atom is 0.305 e. The van der Waals surface area contributed by atoms with Crippen molar-refractivity contribution in [1.82, 2.24) is 36.2 Å². The molecule has 206 valence electrons. The molecule has 2 aromatic rings. The van der Waals surface area contributed by atoms with Crippen molar-refractivity contribution in [3.63, 3.8) is 0 Å². The van der Waals surface area contributed by atoms with Crippen LogP contribution in [0.15, 0.2) is 28.3 Å². The van der Waals surface area contributed by atoms with Gasteiger partial charge in [-0.2, -0.15) is 4.80 Å². The molecule has 0 aliphatic carbocycles. The molecule has 0 radical (unpaired) electrons. The Balaban J connectivity index is 2.05. The zero-order chi connectivity index (χ0) is 28.6. The molecule has 4 N–H and O–H groups in total. The van der Waals surface area contributed by atoms with Gasteiger partial charge in [0.25, 0.3) is 0 Å². The zero-order valence-electron chi connectivity index (χ0n) is 20.9. The van der Waals surface area contributed by atoms with Crippen molar-refractivity contribution in [3.8, 4) is 0 Å². The van der Waals surface area contributed by atoms with E-state index >= 15 is 0 Å². The van der Waals surface area contributed by atoms with E-state index in [9.17, 15) is 29.1 Å². The molecular weight excluding hydrogens is 561 g/mol. The number of aliphatic carboxylic acids is 1. The minimum atomic E-state index is -1.43. The molecule has 1 aromatic carbocycles. The predicted molar refractivity (Wildman–Crippen MR) is 138 cm³/mol. The monoisotopic (exact) mass is 587 g/mol. The van der Waals surface area contributed by atoms with Gasteiger partial charge in [0, 0.05) is 6.92 Å². The van der Waals surface area contributed by atoms with Gasteiger partial charge in [0.1, 0.15) is 24.7 Å². The van der Waals surface area contributed by atoms with Crippen molar-refractivity contribution in [2.24, 2.45) is 5.92 Å². The fourth-order valence-corrected chi connectivity index (χ4v) is 4.45. The molecular formula is C22H27Cl2N7O6S. The number of carboxylic acid groups (broad SMARTS) is 1. The number of benzene rings is 1. The van der Waals surface area contributed by atoms with Crippen LogP contribution in [0.1, 0.15) is 34.1 Å². The molecule has 1 heterocycles. The summed E-state index contributed by atoms with van der Waals surface area (Å²) in [4.78, 5) is 62.2. The van der Waals surface area contributed by atoms with E-state index in [0.717, 1.165) is 16.6 Å². The van der Waals surface area contributed by atoms with Crippen LogP contribution in [-0.4, -0.2) is 72.9 Å². The first-order valence-corrected chi connectivity index (χ1v) is 12.9. The van der Waals surface area contributed by atoms with Crippen LogP contribution in [0.4, 0.5) is 0 Å².